The molecule has 2 rings (SSSR count). The van der Waals surface area contributed by atoms with Gasteiger partial charge in [-0.15, -0.1) is 0 Å². The van der Waals surface area contributed by atoms with Crippen LogP contribution in [0.4, 0.5) is 5.69 Å². The lowest BCUT2D eigenvalue weighted by Gasteiger charge is -2.22. The number of nitrogens with one attached hydrogen (secondary N) is 1. The number of carbonyl (C=O) groups is 2. The summed E-state index contributed by atoms with van der Waals surface area (Å²) in [5, 5.41) is 12.5. The summed E-state index contributed by atoms with van der Waals surface area (Å²) in [6.45, 7) is 0.611. The highest BCUT2D eigenvalue weighted by Crippen LogP contribution is 2.20. The van der Waals surface area contributed by atoms with Gasteiger partial charge >= 0.3 is 5.97 Å². The van der Waals surface area contributed by atoms with Crippen molar-refractivity contribution in [2.24, 2.45) is 5.92 Å². The topological polar surface area (TPSA) is 69.6 Å². The van der Waals surface area contributed by atoms with E-state index >= 15 is 0 Å². The Bertz CT molecular complexity index is 461. The fourth-order valence-electron chi connectivity index (χ4n) is 1.87. The van der Waals surface area contributed by atoms with Crippen LogP contribution in [0.25, 0.3) is 0 Å². The highest BCUT2D eigenvalue weighted by atomic mass is 35.5. The van der Waals surface area contributed by atoms with Gasteiger partial charge in [-0.05, 0) is 24.3 Å². The largest absolute Gasteiger partial charge is 0.481 e. The Labute approximate surface area is 109 Å². The minimum Gasteiger partial charge on any atom is -0.481 e. The molecule has 0 bridgehead atoms. The Balaban J connectivity index is 2.24. The van der Waals surface area contributed by atoms with Gasteiger partial charge in [-0.25, -0.2) is 0 Å². The van der Waals surface area contributed by atoms with Crippen molar-refractivity contribution in [2.45, 2.75) is 0 Å². The van der Waals surface area contributed by atoms with E-state index in [1.807, 2.05) is 0 Å². The van der Waals surface area contributed by atoms with Crippen LogP contribution in [0.5, 0.6) is 0 Å². The number of carboxylic acids is 1. The van der Waals surface area contributed by atoms with Crippen LogP contribution in [0, 0.1) is 5.92 Å². The maximum Gasteiger partial charge on any atom is 0.309 e. The fraction of sp³-hybridized carbons (Fsp3) is 0.333. The van der Waals surface area contributed by atoms with E-state index in [0.717, 1.165) is 0 Å². The van der Waals surface area contributed by atoms with E-state index in [1.165, 1.54) is 4.90 Å². The van der Waals surface area contributed by atoms with E-state index < -0.39 is 11.9 Å². The molecule has 1 unspecified atom stereocenters. The molecule has 0 aromatic heterocycles. The van der Waals surface area contributed by atoms with E-state index in [0.29, 0.717) is 17.3 Å². The molecule has 1 aromatic carbocycles. The molecule has 96 valence electrons. The number of anilines is 1. The Kier molecular flexibility index (Phi) is 3.84. The molecule has 1 aromatic rings. The van der Waals surface area contributed by atoms with Crippen molar-refractivity contribution in [1.29, 1.82) is 0 Å². The van der Waals surface area contributed by atoms with Crippen molar-refractivity contribution >= 4 is 29.2 Å². The highest BCUT2D eigenvalue weighted by molar-refractivity contribution is 6.30. The van der Waals surface area contributed by atoms with Gasteiger partial charge in [0, 0.05) is 23.8 Å². The molecule has 0 spiro atoms. The van der Waals surface area contributed by atoms with Crippen molar-refractivity contribution in [3.63, 3.8) is 0 Å². The Morgan fingerprint density at radius 1 is 1.39 bits per heavy atom. The van der Waals surface area contributed by atoms with Crippen molar-refractivity contribution in [3.8, 4) is 0 Å². The van der Waals surface area contributed by atoms with Gasteiger partial charge in [0.25, 0.3) is 0 Å². The first-order valence-electron chi connectivity index (χ1n) is 5.57. The van der Waals surface area contributed by atoms with Gasteiger partial charge in [-0.2, -0.15) is 0 Å². The molecule has 1 aliphatic heterocycles. The third-order valence-corrected chi connectivity index (χ3v) is 3.11. The maximum absolute atomic E-state index is 11.9. The van der Waals surface area contributed by atoms with Crippen molar-refractivity contribution in [3.05, 3.63) is 29.3 Å². The van der Waals surface area contributed by atoms with E-state index in [2.05, 4.69) is 5.32 Å². The van der Waals surface area contributed by atoms with Crippen molar-refractivity contribution < 1.29 is 14.7 Å². The summed E-state index contributed by atoms with van der Waals surface area (Å²) in [6, 6.07) is 6.78. The van der Waals surface area contributed by atoms with Crippen molar-refractivity contribution in [2.75, 3.05) is 24.5 Å². The van der Waals surface area contributed by atoms with Gasteiger partial charge in [0.1, 0.15) is 0 Å². The Hall–Kier alpha value is -1.59. The maximum atomic E-state index is 11.9. The number of rotatable bonds is 2. The monoisotopic (exact) mass is 268 g/mol. The number of aliphatic carboxylic acids is 1. The van der Waals surface area contributed by atoms with E-state index in [-0.39, 0.29) is 19.0 Å². The number of amides is 1. The zero-order valence-corrected chi connectivity index (χ0v) is 10.4. The summed E-state index contributed by atoms with van der Waals surface area (Å²) in [6.07, 6.45) is 0. The SMILES string of the molecule is O=C(O)C1CNCC(=O)N(c2ccc(Cl)cc2)C1. The standard InChI is InChI=1S/C12H13ClN2O3/c13-9-1-3-10(4-2-9)15-7-8(12(17)18)5-14-6-11(15)16/h1-4,8,14H,5-7H2,(H,17,18). The van der Waals surface area contributed by atoms with E-state index in [9.17, 15) is 9.59 Å². The molecular formula is C12H13ClN2O3. The number of hydrogen-bond acceptors (Lipinski definition) is 3. The summed E-state index contributed by atoms with van der Waals surface area (Å²) in [4.78, 5) is 24.4. The lowest BCUT2D eigenvalue weighted by molar-refractivity contribution is -0.141. The minimum atomic E-state index is -0.906. The molecule has 6 heteroatoms. The smallest absolute Gasteiger partial charge is 0.309 e. The quantitative estimate of drug-likeness (QED) is 0.839. The molecule has 2 N–H and O–H groups in total. The lowest BCUT2D eigenvalue weighted by atomic mass is 10.1. The summed E-state index contributed by atoms with van der Waals surface area (Å²) in [5.41, 5.74) is 0.666. The van der Waals surface area contributed by atoms with Crippen LogP contribution in [0.3, 0.4) is 0 Å². The Morgan fingerprint density at radius 3 is 2.67 bits per heavy atom. The number of halogens is 1. The fourth-order valence-corrected chi connectivity index (χ4v) is 2.00. The van der Waals surface area contributed by atoms with Gasteiger partial charge in [0.15, 0.2) is 0 Å². The lowest BCUT2D eigenvalue weighted by Crippen LogP contribution is -2.37. The molecule has 18 heavy (non-hydrogen) atoms. The molecule has 1 fully saturated rings. The first-order chi connectivity index (χ1) is 8.58. The molecule has 1 aliphatic rings. The molecule has 5 nitrogen and oxygen atoms in total. The predicted molar refractivity (Wildman–Crippen MR) is 67.8 cm³/mol. The number of hydrogen-bond donors (Lipinski definition) is 2. The normalized spacial score (nSPS) is 20.6. The molecule has 0 saturated carbocycles. The summed E-state index contributed by atoms with van der Waals surface area (Å²) < 4.78 is 0. The first kappa shape index (κ1) is 12.9. The van der Waals surface area contributed by atoms with Gasteiger partial charge in [-0.3, -0.25) is 9.59 Å². The summed E-state index contributed by atoms with van der Waals surface area (Å²) in [7, 11) is 0. The first-order valence-corrected chi connectivity index (χ1v) is 5.95. The molecular weight excluding hydrogens is 256 g/mol. The molecule has 1 atom stereocenters. The van der Waals surface area contributed by atoms with Crippen LogP contribution in [0.2, 0.25) is 5.02 Å². The van der Waals surface area contributed by atoms with Crippen LogP contribution in [0.15, 0.2) is 24.3 Å². The molecule has 0 radical (unpaired) electrons. The molecule has 1 amide bonds. The Morgan fingerprint density at radius 2 is 2.06 bits per heavy atom. The van der Waals surface area contributed by atoms with Crippen molar-refractivity contribution in [1.82, 2.24) is 5.32 Å². The number of nitrogens with zero attached hydrogens (tertiary/aromatic N) is 1. The predicted octanol–water partition coefficient (Wildman–Crippen LogP) is 0.977. The van der Waals surface area contributed by atoms with Gasteiger partial charge in [0.2, 0.25) is 5.91 Å². The molecule has 1 saturated heterocycles. The summed E-state index contributed by atoms with van der Waals surface area (Å²) >= 11 is 5.79. The average molecular weight is 269 g/mol. The number of carboxylic acid groups (broad SMARTS) is 1. The number of carbonyl (C=O) groups excluding carboxylic acids is 1. The molecule has 1 heterocycles. The zero-order chi connectivity index (χ0) is 13.1. The van der Waals surface area contributed by atoms with Gasteiger partial charge in [-0.1, -0.05) is 11.6 Å². The third kappa shape index (κ3) is 2.80. The zero-order valence-electron chi connectivity index (χ0n) is 9.60. The van der Waals surface area contributed by atoms with Crippen LogP contribution < -0.4 is 10.2 Å². The second-order valence-electron chi connectivity index (χ2n) is 4.15. The number of benzene rings is 1. The van der Waals surface area contributed by atoms with Gasteiger partial charge in [0.05, 0.1) is 12.5 Å². The van der Waals surface area contributed by atoms with Crippen LogP contribution in [0.1, 0.15) is 0 Å². The van der Waals surface area contributed by atoms with Crippen LogP contribution in [-0.2, 0) is 9.59 Å². The third-order valence-electron chi connectivity index (χ3n) is 2.86. The van der Waals surface area contributed by atoms with Gasteiger partial charge < -0.3 is 15.3 Å². The average Bonchev–Trinajstić information content (AvgIpc) is 2.52. The van der Waals surface area contributed by atoms with E-state index in [4.69, 9.17) is 16.7 Å². The minimum absolute atomic E-state index is 0.138. The van der Waals surface area contributed by atoms with Crippen LogP contribution >= 0.6 is 11.6 Å². The second kappa shape index (κ2) is 5.37. The van der Waals surface area contributed by atoms with E-state index in [1.54, 1.807) is 24.3 Å². The van der Waals surface area contributed by atoms with Crippen LogP contribution in [-0.4, -0.2) is 36.6 Å². The summed E-state index contributed by atoms with van der Waals surface area (Å²) in [5.74, 6) is -1.65. The molecule has 0 aliphatic carbocycles. The second-order valence-corrected chi connectivity index (χ2v) is 4.58. The highest BCUT2D eigenvalue weighted by Gasteiger charge is 2.28.